The molecule has 4 rings (SSSR count). The van der Waals surface area contributed by atoms with Crippen LogP contribution < -0.4 is 15.9 Å². The van der Waals surface area contributed by atoms with Crippen LogP contribution in [0.25, 0.3) is 5.70 Å². The molecule has 1 aromatic heterocycles. The summed E-state index contributed by atoms with van der Waals surface area (Å²) < 4.78 is 0. The molecular weight excluding hydrogens is 352 g/mol. The number of carbonyl (C=O) groups is 1. The van der Waals surface area contributed by atoms with Crippen molar-refractivity contribution >= 4 is 39.9 Å². The minimum atomic E-state index is -0.302. The highest BCUT2D eigenvalue weighted by molar-refractivity contribution is 8.13. The number of amides is 1. The molecule has 2 aliphatic rings. The molecule has 7 heteroatoms. The van der Waals surface area contributed by atoms with Crippen molar-refractivity contribution in [1.29, 1.82) is 0 Å². The SMILES string of the molecule is CCCCSC1=NN2C(=c3ccccc3=NC2c2ccsc2)C(=O)N1. The monoisotopic (exact) mass is 370 g/mol. The zero-order valence-corrected chi connectivity index (χ0v) is 15.4. The first kappa shape index (κ1) is 16.4. The maximum atomic E-state index is 12.8. The van der Waals surface area contributed by atoms with Gasteiger partial charge in [-0.1, -0.05) is 43.3 Å². The Bertz CT molecular complexity index is 936. The number of carbonyl (C=O) groups excluding carboxylic acids is 1. The highest BCUT2D eigenvalue weighted by Crippen LogP contribution is 2.31. The Hall–Kier alpha value is -2.12. The van der Waals surface area contributed by atoms with E-state index in [1.54, 1.807) is 28.1 Å². The van der Waals surface area contributed by atoms with Crippen molar-refractivity contribution in [3.05, 3.63) is 57.2 Å². The number of hydrazone groups is 1. The summed E-state index contributed by atoms with van der Waals surface area (Å²) in [6, 6.07) is 9.78. The van der Waals surface area contributed by atoms with Gasteiger partial charge < -0.3 is 0 Å². The molecule has 2 aromatic rings. The summed E-state index contributed by atoms with van der Waals surface area (Å²) in [6.45, 7) is 2.15. The molecule has 128 valence electrons. The first-order valence-electron chi connectivity index (χ1n) is 8.29. The average Bonchev–Trinajstić information content (AvgIpc) is 3.15. The van der Waals surface area contributed by atoms with Crippen molar-refractivity contribution < 1.29 is 4.79 Å². The van der Waals surface area contributed by atoms with E-state index in [-0.39, 0.29) is 12.1 Å². The molecule has 1 aromatic carbocycles. The number of benzene rings is 1. The molecule has 1 amide bonds. The average molecular weight is 371 g/mol. The molecule has 25 heavy (non-hydrogen) atoms. The summed E-state index contributed by atoms with van der Waals surface area (Å²) in [4.78, 5) is 17.7. The largest absolute Gasteiger partial charge is 0.298 e. The maximum Gasteiger partial charge on any atom is 0.276 e. The number of rotatable bonds is 4. The predicted molar refractivity (Wildman–Crippen MR) is 102 cm³/mol. The molecule has 0 saturated heterocycles. The molecule has 2 aliphatic heterocycles. The van der Waals surface area contributed by atoms with Crippen LogP contribution in [0, 0.1) is 0 Å². The van der Waals surface area contributed by atoms with Gasteiger partial charge in [0.05, 0.1) is 5.36 Å². The van der Waals surface area contributed by atoms with Crippen LogP contribution in [0.2, 0.25) is 0 Å². The lowest BCUT2D eigenvalue weighted by Gasteiger charge is -2.33. The molecular formula is C18H18N4OS2. The van der Waals surface area contributed by atoms with E-state index in [4.69, 9.17) is 10.1 Å². The third kappa shape index (κ3) is 3.09. The van der Waals surface area contributed by atoms with E-state index in [9.17, 15) is 4.79 Å². The van der Waals surface area contributed by atoms with Crippen molar-refractivity contribution in [2.24, 2.45) is 10.1 Å². The lowest BCUT2D eigenvalue weighted by atomic mass is 10.1. The molecule has 0 bridgehead atoms. The third-order valence-electron chi connectivity index (χ3n) is 4.09. The second-order valence-corrected chi connectivity index (χ2v) is 7.69. The fourth-order valence-corrected chi connectivity index (χ4v) is 4.45. The lowest BCUT2D eigenvalue weighted by Crippen LogP contribution is -2.50. The Morgan fingerprint density at radius 3 is 3.00 bits per heavy atom. The first-order valence-corrected chi connectivity index (χ1v) is 10.2. The molecule has 0 radical (unpaired) electrons. The van der Waals surface area contributed by atoms with Crippen LogP contribution in [0.1, 0.15) is 31.5 Å². The maximum absolute atomic E-state index is 12.8. The minimum absolute atomic E-state index is 0.114. The molecule has 1 N–H and O–H groups in total. The molecule has 3 heterocycles. The molecule has 0 saturated carbocycles. The van der Waals surface area contributed by atoms with Gasteiger partial charge in [0, 0.05) is 16.5 Å². The second kappa shape index (κ2) is 7.01. The third-order valence-corrected chi connectivity index (χ3v) is 5.74. The summed E-state index contributed by atoms with van der Waals surface area (Å²) >= 11 is 3.21. The number of para-hydroxylation sites is 1. The summed E-state index contributed by atoms with van der Waals surface area (Å²) in [7, 11) is 0. The summed E-state index contributed by atoms with van der Waals surface area (Å²) in [5.41, 5.74) is 1.62. The van der Waals surface area contributed by atoms with Gasteiger partial charge in [-0.05, 0) is 29.3 Å². The van der Waals surface area contributed by atoms with E-state index < -0.39 is 0 Å². The zero-order chi connectivity index (χ0) is 17.2. The number of amidine groups is 1. The van der Waals surface area contributed by atoms with Crippen LogP contribution >= 0.6 is 23.1 Å². The van der Waals surface area contributed by atoms with Crippen molar-refractivity contribution in [1.82, 2.24) is 10.3 Å². The Labute approximate surface area is 154 Å². The number of nitrogens with one attached hydrogen (secondary N) is 1. The predicted octanol–water partition coefficient (Wildman–Crippen LogP) is 2.42. The van der Waals surface area contributed by atoms with E-state index in [2.05, 4.69) is 17.6 Å². The van der Waals surface area contributed by atoms with Gasteiger partial charge in [0.15, 0.2) is 11.3 Å². The second-order valence-electron chi connectivity index (χ2n) is 5.83. The molecule has 1 unspecified atom stereocenters. The van der Waals surface area contributed by atoms with Gasteiger partial charge in [-0.15, -0.1) is 5.10 Å². The van der Waals surface area contributed by atoms with Gasteiger partial charge in [-0.3, -0.25) is 15.1 Å². The molecule has 0 aliphatic carbocycles. The van der Waals surface area contributed by atoms with E-state index in [0.29, 0.717) is 10.9 Å². The van der Waals surface area contributed by atoms with Crippen LogP contribution in [-0.2, 0) is 4.79 Å². The Morgan fingerprint density at radius 2 is 2.20 bits per heavy atom. The number of fused-ring (bicyclic) bond motifs is 2. The fourth-order valence-electron chi connectivity index (χ4n) is 2.84. The van der Waals surface area contributed by atoms with Crippen LogP contribution in [0.5, 0.6) is 0 Å². The van der Waals surface area contributed by atoms with Crippen LogP contribution in [0.15, 0.2) is 51.2 Å². The Morgan fingerprint density at radius 1 is 1.32 bits per heavy atom. The van der Waals surface area contributed by atoms with Crippen LogP contribution in [0.4, 0.5) is 0 Å². The number of hydrogen-bond acceptors (Lipinski definition) is 6. The van der Waals surface area contributed by atoms with Crippen molar-refractivity contribution in [3.8, 4) is 0 Å². The Kier molecular flexibility index (Phi) is 4.59. The number of unbranched alkanes of at least 4 members (excludes halogenated alkanes) is 1. The van der Waals surface area contributed by atoms with Crippen molar-refractivity contribution in [3.63, 3.8) is 0 Å². The Balaban J connectivity index is 1.82. The molecule has 1 atom stereocenters. The summed E-state index contributed by atoms with van der Waals surface area (Å²) in [5.74, 6) is 0.826. The van der Waals surface area contributed by atoms with Gasteiger partial charge >= 0.3 is 0 Å². The van der Waals surface area contributed by atoms with E-state index >= 15 is 0 Å². The number of nitrogens with zero attached hydrogens (tertiary/aromatic N) is 3. The molecule has 0 spiro atoms. The van der Waals surface area contributed by atoms with Crippen molar-refractivity contribution in [2.45, 2.75) is 25.9 Å². The van der Waals surface area contributed by atoms with Crippen LogP contribution in [-0.4, -0.2) is 21.8 Å². The quantitative estimate of drug-likeness (QED) is 0.841. The van der Waals surface area contributed by atoms with E-state index in [0.717, 1.165) is 34.7 Å². The van der Waals surface area contributed by atoms with Gasteiger partial charge in [-0.25, -0.2) is 5.01 Å². The van der Waals surface area contributed by atoms with E-state index in [1.165, 1.54) is 0 Å². The summed E-state index contributed by atoms with van der Waals surface area (Å²) in [6.07, 6.45) is 1.91. The summed E-state index contributed by atoms with van der Waals surface area (Å²) in [5, 5.41) is 15.8. The topological polar surface area (TPSA) is 57.1 Å². The standard InChI is InChI=1S/C18H18N4OS2/c1-2-3-9-25-18-20-17(23)15-13-6-4-5-7-14(13)19-16(22(15)21-18)12-8-10-24-11-12/h4-8,10-11,16H,2-3,9H2,1H3,(H,20,21,23). The normalized spacial score (nSPS) is 18.8. The number of thioether (sulfide) groups is 1. The highest BCUT2D eigenvalue weighted by atomic mass is 32.2. The fraction of sp³-hybridized carbons (Fsp3) is 0.278. The minimum Gasteiger partial charge on any atom is -0.298 e. The zero-order valence-electron chi connectivity index (χ0n) is 13.8. The number of hydrogen-bond donors (Lipinski definition) is 1. The van der Waals surface area contributed by atoms with Gasteiger partial charge in [0.25, 0.3) is 5.91 Å². The highest BCUT2D eigenvalue weighted by Gasteiger charge is 2.34. The van der Waals surface area contributed by atoms with Gasteiger partial charge in [-0.2, -0.15) is 11.3 Å². The lowest BCUT2D eigenvalue weighted by molar-refractivity contribution is -0.116. The van der Waals surface area contributed by atoms with Crippen LogP contribution in [0.3, 0.4) is 0 Å². The smallest absolute Gasteiger partial charge is 0.276 e. The van der Waals surface area contributed by atoms with E-state index in [1.807, 2.05) is 35.7 Å². The molecule has 5 nitrogen and oxygen atoms in total. The first-order chi connectivity index (χ1) is 12.3. The number of thiophene rings is 1. The van der Waals surface area contributed by atoms with Crippen molar-refractivity contribution in [2.75, 3.05) is 5.75 Å². The van der Waals surface area contributed by atoms with Gasteiger partial charge in [0.2, 0.25) is 0 Å². The molecule has 0 fully saturated rings. The van der Waals surface area contributed by atoms with Gasteiger partial charge in [0.1, 0.15) is 5.70 Å².